The molecule has 0 unspecified atom stereocenters. The Morgan fingerprint density at radius 1 is 1.15 bits per heavy atom. The summed E-state index contributed by atoms with van der Waals surface area (Å²) in [5, 5.41) is 3.13. The SMILES string of the molecule is CCNc1nc2ccccn2c(=O)c1/C=C1/SC(=S)N(CCc2ccc(OC)c(OC)c2)C1=O. The summed E-state index contributed by atoms with van der Waals surface area (Å²) in [6.07, 6.45) is 3.83. The van der Waals surface area contributed by atoms with Crippen molar-refractivity contribution in [2.45, 2.75) is 13.3 Å². The molecular formula is C24H24N4O4S2. The van der Waals surface area contributed by atoms with Crippen LogP contribution in [0, 0.1) is 0 Å². The van der Waals surface area contributed by atoms with E-state index < -0.39 is 0 Å². The first-order chi connectivity index (χ1) is 16.5. The van der Waals surface area contributed by atoms with E-state index in [1.54, 1.807) is 43.5 Å². The maximum absolute atomic E-state index is 13.2. The number of carbonyl (C=O) groups excluding carboxylic acids is 1. The second kappa shape index (κ2) is 10.3. The van der Waals surface area contributed by atoms with E-state index >= 15 is 0 Å². The fourth-order valence-electron chi connectivity index (χ4n) is 3.64. The second-order valence-electron chi connectivity index (χ2n) is 7.41. The van der Waals surface area contributed by atoms with Crippen molar-refractivity contribution >= 4 is 51.7 Å². The number of nitrogens with zero attached hydrogens (tertiary/aromatic N) is 3. The molecule has 0 bridgehead atoms. The summed E-state index contributed by atoms with van der Waals surface area (Å²) >= 11 is 6.66. The van der Waals surface area contributed by atoms with Crippen LogP contribution in [0.4, 0.5) is 5.82 Å². The summed E-state index contributed by atoms with van der Waals surface area (Å²) in [5.74, 6) is 1.49. The van der Waals surface area contributed by atoms with E-state index in [2.05, 4.69) is 10.3 Å². The molecular weight excluding hydrogens is 472 g/mol. The van der Waals surface area contributed by atoms with Gasteiger partial charge in [0, 0.05) is 19.3 Å². The summed E-state index contributed by atoms with van der Waals surface area (Å²) in [4.78, 5) is 32.8. The molecule has 0 spiro atoms. The molecule has 1 aliphatic rings. The maximum atomic E-state index is 13.2. The number of pyridine rings is 1. The normalized spacial score (nSPS) is 14.8. The molecule has 2 aromatic heterocycles. The van der Waals surface area contributed by atoms with Gasteiger partial charge in [-0.15, -0.1) is 0 Å². The fourth-order valence-corrected chi connectivity index (χ4v) is 4.93. The van der Waals surface area contributed by atoms with Crippen LogP contribution >= 0.6 is 24.0 Å². The van der Waals surface area contributed by atoms with Crippen molar-refractivity contribution in [3.63, 3.8) is 0 Å². The standard InChI is InChI=1S/C24H24N4O4S2/c1-4-25-21-16(22(29)27-11-6-5-7-20(27)26-21)14-19-23(30)28(24(33)34-19)12-10-15-8-9-17(31-2)18(13-15)32-3/h5-9,11,13-14,25H,4,10,12H2,1-3H3/b19-14+. The van der Waals surface area contributed by atoms with Gasteiger partial charge in [-0.2, -0.15) is 0 Å². The van der Waals surface area contributed by atoms with Gasteiger partial charge in [-0.25, -0.2) is 4.98 Å². The zero-order valence-electron chi connectivity index (χ0n) is 19.0. The molecule has 1 N–H and O–H groups in total. The van der Waals surface area contributed by atoms with Crippen LogP contribution in [0.2, 0.25) is 0 Å². The average molecular weight is 497 g/mol. The molecule has 8 nitrogen and oxygen atoms in total. The lowest BCUT2D eigenvalue weighted by Crippen LogP contribution is -2.30. The molecule has 4 rings (SSSR count). The average Bonchev–Trinajstić information content (AvgIpc) is 3.12. The number of fused-ring (bicyclic) bond motifs is 1. The van der Waals surface area contributed by atoms with Crippen molar-refractivity contribution in [2.24, 2.45) is 0 Å². The number of thiocarbonyl (C=S) groups is 1. The molecule has 0 aliphatic carbocycles. The number of methoxy groups -OCH3 is 2. The smallest absolute Gasteiger partial charge is 0.267 e. The lowest BCUT2D eigenvalue weighted by molar-refractivity contribution is -0.122. The Kier molecular flexibility index (Phi) is 7.18. The number of aromatic nitrogens is 2. The van der Waals surface area contributed by atoms with Crippen LogP contribution in [0.25, 0.3) is 11.7 Å². The number of benzene rings is 1. The molecule has 0 saturated carbocycles. The van der Waals surface area contributed by atoms with Crippen LogP contribution < -0.4 is 20.3 Å². The van der Waals surface area contributed by atoms with Gasteiger partial charge >= 0.3 is 0 Å². The van der Waals surface area contributed by atoms with Crippen molar-refractivity contribution in [3.05, 3.63) is 69.0 Å². The van der Waals surface area contributed by atoms with Crippen LogP contribution in [-0.2, 0) is 11.2 Å². The number of nitrogens with one attached hydrogen (secondary N) is 1. The van der Waals surface area contributed by atoms with Gasteiger partial charge in [0.05, 0.1) is 24.7 Å². The Hall–Kier alpha value is -3.37. The third kappa shape index (κ3) is 4.64. The predicted molar refractivity (Wildman–Crippen MR) is 139 cm³/mol. The second-order valence-corrected chi connectivity index (χ2v) is 9.09. The van der Waals surface area contributed by atoms with E-state index in [0.717, 1.165) is 5.56 Å². The highest BCUT2D eigenvalue weighted by Crippen LogP contribution is 2.34. The predicted octanol–water partition coefficient (Wildman–Crippen LogP) is 3.59. The first kappa shape index (κ1) is 23.8. The Balaban J connectivity index is 1.60. The summed E-state index contributed by atoms with van der Waals surface area (Å²) < 4.78 is 12.6. The zero-order chi connectivity index (χ0) is 24.2. The van der Waals surface area contributed by atoms with Crippen molar-refractivity contribution in [1.29, 1.82) is 0 Å². The highest BCUT2D eigenvalue weighted by atomic mass is 32.2. The van der Waals surface area contributed by atoms with Crippen LogP contribution in [0.3, 0.4) is 0 Å². The van der Waals surface area contributed by atoms with E-state index in [-0.39, 0.29) is 11.5 Å². The molecule has 1 amide bonds. The largest absolute Gasteiger partial charge is 0.493 e. The fraction of sp³-hybridized carbons (Fsp3) is 0.250. The van der Waals surface area contributed by atoms with Gasteiger partial charge in [-0.05, 0) is 49.2 Å². The Morgan fingerprint density at radius 3 is 2.68 bits per heavy atom. The van der Waals surface area contributed by atoms with E-state index in [9.17, 15) is 9.59 Å². The van der Waals surface area contributed by atoms with E-state index in [1.165, 1.54) is 16.2 Å². The number of thioether (sulfide) groups is 1. The number of rotatable bonds is 8. The first-order valence-corrected chi connectivity index (χ1v) is 11.9. The topological polar surface area (TPSA) is 85.2 Å². The Morgan fingerprint density at radius 2 is 1.94 bits per heavy atom. The molecule has 0 atom stereocenters. The molecule has 10 heteroatoms. The minimum Gasteiger partial charge on any atom is -0.493 e. The van der Waals surface area contributed by atoms with Crippen LogP contribution in [0.15, 0.2) is 52.3 Å². The van der Waals surface area contributed by atoms with Gasteiger partial charge in [-0.3, -0.25) is 18.9 Å². The third-order valence-corrected chi connectivity index (χ3v) is 6.71. The van der Waals surface area contributed by atoms with Crippen LogP contribution in [0.5, 0.6) is 11.5 Å². The number of hydrogen-bond acceptors (Lipinski definition) is 8. The van der Waals surface area contributed by atoms with Gasteiger partial charge < -0.3 is 14.8 Å². The number of ether oxygens (including phenoxy) is 2. The van der Waals surface area contributed by atoms with Crippen molar-refractivity contribution in [3.8, 4) is 11.5 Å². The molecule has 3 heterocycles. The minimum atomic E-state index is -0.253. The number of carbonyl (C=O) groups is 1. The highest BCUT2D eigenvalue weighted by Gasteiger charge is 2.32. The van der Waals surface area contributed by atoms with Gasteiger partial charge in [0.25, 0.3) is 11.5 Å². The molecule has 0 radical (unpaired) electrons. The molecule has 1 aliphatic heterocycles. The molecule has 176 valence electrons. The lowest BCUT2D eigenvalue weighted by atomic mass is 10.1. The van der Waals surface area contributed by atoms with Crippen LogP contribution in [-0.4, -0.2) is 51.8 Å². The van der Waals surface area contributed by atoms with Gasteiger partial charge in [0.1, 0.15) is 15.8 Å². The molecule has 34 heavy (non-hydrogen) atoms. The summed E-state index contributed by atoms with van der Waals surface area (Å²) in [6, 6.07) is 11.0. The van der Waals surface area contributed by atoms with Crippen LogP contribution in [0.1, 0.15) is 18.1 Å². The van der Waals surface area contributed by atoms with Crippen molar-refractivity contribution in [1.82, 2.24) is 14.3 Å². The quantitative estimate of drug-likeness (QED) is 0.374. The van der Waals surface area contributed by atoms with Gasteiger partial charge in [0.15, 0.2) is 11.5 Å². The summed E-state index contributed by atoms with van der Waals surface area (Å²) in [7, 11) is 3.17. The first-order valence-electron chi connectivity index (χ1n) is 10.7. The lowest BCUT2D eigenvalue weighted by Gasteiger charge is -2.15. The number of hydrogen-bond donors (Lipinski definition) is 1. The molecule has 1 fully saturated rings. The van der Waals surface area contributed by atoms with Gasteiger partial charge in [-0.1, -0.05) is 36.1 Å². The zero-order valence-corrected chi connectivity index (χ0v) is 20.7. The molecule has 1 aromatic carbocycles. The van der Waals surface area contributed by atoms with Gasteiger partial charge in [0.2, 0.25) is 0 Å². The summed E-state index contributed by atoms with van der Waals surface area (Å²) in [6.45, 7) is 2.92. The maximum Gasteiger partial charge on any atom is 0.267 e. The van der Waals surface area contributed by atoms with Crippen molar-refractivity contribution < 1.29 is 14.3 Å². The monoisotopic (exact) mass is 496 g/mol. The van der Waals surface area contributed by atoms with E-state index in [1.807, 2.05) is 31.2 Å². The Bertz CT molecular complexity index is 1350. The molecule has 3 aromatic rings. The number of amides is 1. The molecule has 1 saturated heterocycles. The number of anilines is 1. The highest BCUT2D eigenvalue weighted by molar-refractivity contribution is 8.26. The third-order valence-electron chi connectivity index (χ3n) is 5.33. The van der Waals surface area contributed by atoms with E-state index in [0.29, 0.717) is 57.3 Å². The minimum absolute atomic E-state index is 0.226. The Labute approximate surface area is 206 Å². The van der Waals surface area contributed by atoms with E-state index in [4.69, 9.17) is 21.7 Å². The summed E-state index contributed by atoms with van der Waals surface area (Å²) in [5.41, 5.74) is 1.59. The van der Waals surface area contributed by atoms with Crippen molar-refractivity contribution in [2.75, 3.05) is 32.6 Å².